The first-order valence-electron chi connectivity index (χ1n) is 4.52. The monoisotopic (exact) mass is 272 g/mol. The van der Waals surface area contributed by atoms with Crippen LogP contribution in [0.2, 0.25) is 0 Å². The van der Waals surface area contributed by atoms with Crippen LogP contribution in [0.25, 0.3) is 0 Å². The number of aryl methyl sites for hydroxylation is 1. The Morgan fingerprint density at radius 2 is 2.43 bits per heavy atom. The van der Waals surface area contributed by atoms with Crippen molar-refractivity contribution in [3.05, 3.63) is 20.3 Å². The van der Waals surface area contributed by atoms with Crippen molar-refractivity contribution in [2.24, 2.45) is 0 Å². The molecule has 0 aliphatic rings. The molecule has 3 heteroatoms. The predicted molar refractivity (Wildman–Crippen MR) is 64.4 cm³/mol. The highest BCUT2D eigenvalue weighted by Gasteiger charge is 2.11. The second kappa shape index (κ2) is 5.55. The van der Waals surface area contributed by atoms with Crippen LogP contribution in [0.5, 0.6) is 0 Å². The van der Waals surface area contributed by atoms with Crippen LogP contribution in [0, 0.1) is 19.3 Å². The molecule has 1 atom stereocenters. The zero-order valence-corrected chi connectivity index (χ0v) is 10.5. The summed E-state index contributed by atoms with van der Waals surface area (Å²) in [7, 11) is 0. The number of hydrogen-bond donors (Lipinski definition) is 1. The highest BCUT2D eigenvalue weighted by Crippen LogP contribution is 2.33. The minimum Gasteiger partial charge on any atom is -0.388 e. The van der Waals surface area contributed by atoms with Crippen molar-refractivity contribution in [3.63, 3.8) is 0 Å². The minimum absolute atomic E-state index is 0.363. The molecule has 1 rings (SSSR count). The maximum Gasteiger partial charge on any atom is 0.0882 e. The molecular formula is C11H13BrOS. The van der Waals surface area contributed by atoms with Gasteiger partial charge in [0.05, 0.1) is 9.89 Å². The zero-order chi connectivity index (χ0) is 10.6. The molecule has 1 nitrogen and oxygen atoms in total. The van der Waals surface area contributed by atoms with E-state index in [4.69, 9.17) is 6.42 Å². The van der Waals surface area contributed by atoms with Gasteiger partial charge in [0, 0.05) is 11.3 Å². The van der Waals surface area contributed by atoms with E-state index in [-0.39, 0.29) is 6.10 Å². The average Bonchev–Trinajstić information content (AvgIpc) is 2.47. The second-order valence-electron chi connectivity index (χ2n) is 3.22. The quantitative estimate of drug-likeness (QED) is 0.655. The van der Waals surface area contributed by atoms with Crippen LogP contribution >= 0.6 is 27.3 Å². The van der Waals surface area contributed by atoms with Gasteiger partial charge in [0.1, 0.15) is 0 Å². The number of thiophene rings is 1. The lowest BCUT2D eigenvalue weighted by atomic mass is 10.1. The largest absolute Gasteiger partial charge is 0.388 e. The van der Waals surface area contributed by atoms with Crippen LogP contribution in [0.4, 0.5) is 0 Å². The molecule has 0 spiro atoms. The van der Waals surface area contributed by atoms with Crippen LogP contribution in [0.1, 0.15) is 35.8 Å². The van der Waals surface area contributed by atoms with E-state index < -0.39 is 0 Å². The van der Waals surface area contributed by atoms with E-state index in [1.165, 1.54) is 5.56 Å². The normalized spacial score (nSPS) is 12.4. The maximum atomic E-state index is 9.81. The van der Waals surface area contributed by atoms with Gasteiger partial charge in [0.2, 0.25) is 0 Å². The van der Waals surface area contributed by atoms with Gasteiger partial charge in [0.15, 0.2) is 0 Å². The first-order valence-corrected chi connectivity index (χ1v) is 6.13. The van der Waals surface area contributed by atoms with Crippen molar-refractivity contribution >= 4 is 27.3 Å². The number of rotatable bonds is 4. The third kappa shape index (κ3) is 3.13. The topological polar surface area (TPSA) is 20.2 Å². The third-order valence-corrected chi connectivity index (χ3v) is 4.24. The fourth-order valence-corrected chi connectivity index (χ4v) is 2.78. The SMILES string of the molecule is C#CCCCC(O)c1cc(C)c(Br)s1. The van der Waals surface area contributed by atoms with Crippen LogP contribution in [-0.4, -0.2) is 5.11 Å². The summed E-state index contributed by atoms with van der Waals surface area (Å²) in [5.74, 6) is 2.57. The Kier molecular flexibility index (Phi) is 4.67. The summed E-state index contributed by atoms with van der Waals surface area (Å²) < 4.78 is 1.10. The molecule has 0 saturated heterocycles. The number of aliphatic hydroxyl groups is 1. The van der Waals surface area contributed by atoms with Crippen molar-refractivity contribution in [1.29, 1.82) is 0 Å². The summed E-state index contributed by atoms with van der Waals surface area (Å²) in [5, 5.41) is 9.81. The molecule has 0 saturated carbocycles. The van der Waals surface area contributed by atoms with E-state index in [0.29, 0.717) is 0 Å². The van der Waals surface area contributed by atoms with Crippen LogP contribution in [0.15, 0.2) is 9.85 Å². The fourth-order valence-electron chi connectivity index (χ4n) is 1.19. The van der Waals surface area contributed by atoms with Gasteiger partial charge >= 0.3 is 0 Å². The molecule has 1 N–H and O–H groups in total. The molecule has 14 heavy (non-hydrogen) atoms. The molecular weight excluding hydrogens is 260 g/mol. The smallest absolute Gasteiger partial charge is 0.0882 e. The lowest BCUT2D eigenvalue weighted by Crippen LogP contribution is -1.93. The van der Waals surface area contributed by atoms with E-state index in [1.54, 1.807) is 11.3 Å². The average molecular weight is 273 g/mol. The summed E-state index contributed by atoms with van der Waals surface area (Å²) in [6.07, 6.45) is 7.15. The Hall–Kier alpha value is -0.300. The minimum atomic E-state index is -0.363. The molecule has 0 amide bonds. The molecule has 0 fully saturated rings. The van der Waals surface area contributed by atoms with Crippen LogP contribution < -0.4 is 0 Å². The molecule has 1 aromatic heterocycles. The van der Waals surface area contributed by atoms with Gasteiger partial charge in [-0.3, -0.25) is 0 Å². The van der Waals surface area contributed by atoms with Gasteiger partial charge in [-0.1, -0.05) is 0 Å². The van der Waals surface area contributed by atoms with E-state index in [2.05, 4.69) is 21.9 Å². The number of unbranched alkanes of at least 4 members (excludes halogenated alkanes) is 1. The van der Waals surface area contributed by atoms with Gasteiger partial charge in [0.25, 0.3) is 0 Å². The molecule has 1 unspecified atom stereocenters. The number of terminal acetylenes is 1. The van der Waals surface area contributed by atoms with Crippen molar-refractivity contribution in [2.45, 2.75) is 32.3 Å². The molecule has 0 aliphatic carbocycles. The molecule has 0 aliphatic heterocycles. The van der Waals surface area contributed by atoms with Crippen molar-refractivity contribution in [1.82, 2.24) is 0 Å². The molecule has 0 bridgehead atoms. The Morgan fingerprint density at radius 1 is 1.71 bits per heavy atom. The Balaban J connectivity index is 2.52. The predicted octanol–water partition coefficient (Wildman–Crippen LogP) is 3.66. The van der Waals surface area contributed by atoms with Gasteiger partial charge in [-0.15, -0.1) is 23.7 Å². The summed E-state index contributed by atoms with van der Waals surface area (Å²) in [4.78, 5) is 1.02. The summed E-state index contributed by atoms with van der Waals surface area (Å²) in [6, 6.07) is 2.02. The molecule has 0 radical (unpaired) electrons. The highest BCUT2D eigenvalue weighted by atomic mass is 79.9. The third-order valence-electron chi connectivity index (χ3n) is 2.00. The lowest BCUT2D eigenvalue weighted by Gasteiger charge is -2.05. The van der Waals surface area contributed by atoms with E-state index in [1.807, 2.05) is 13.0 Å². The fraction of sp³-hybridized carbons (Fsp3) is 0.455. The van der Waals surface area contributed by atoms with Gasteiger partial charge in [-0.05, 0) is 47.3 Å². The second-order valence-corrected chi connectivity index (χ2v) is 5.62. The highest BCUT2D eigenvalue weighted by molar-refractivity contribution is 9.11. The lowest BCUT2D eigenvalue weighted by molar-refractivity contribution is 0.169. The summed E-state index contributed by atoms with van der Waals surface area (Å²) in [5.41, 5.74) is 1.18. The zero-order valence-electron chi connectivity index (χ0n) is 8.09. The van der Waals surface area contributed by atoms with E-state index in [9.17, 15) is 5.11 Å². The number of aliphatic hydroxyl groups excluding tert-OH is 1. The van der Waals surface area contributed by atoms with Gasteiger partial charge in [-0.2, -0.15) is 0 Å². The van der Waals surface area contributed by atoms with E-state index in [0.717, 1.165) is 27.9 Å². The number of halogens is 1. The molecule has 1 heterocycles. The van der Waals surface area contributed by atoms with Gasteiger partial charge < -0.3 is 5.11 Å². The molecule has 1 aromatic rings. The van der Waals surface area contributed by atoms with Crippen molar-refractivity contribution in [2.75, 3.05) is 0 Å². The molecule has 0 aromatic carbocycles. The van der Waals surface area contributed by atoms with Crippen molar-refractivity contribution < 1.29 is 5.11 Å². The summed E-state index contributed by atoms with van der Waals surface area (Å²) in [6.45, 7) is 2.03. The first kappa shape index (κ1) is 11.8. The Morgan fingerprint density at radius 3 is 2.93 bits per heavy atom. The van der Waals surface area contributed by atoms with Crippen LogP contribution in [-0.2, 0) is 0 Å². The molecule has 76 valence electrons. The van der Waals surface area contributed by atoms with Crippen LogP contribution in [0.3, 0.4) is 0 Å². The maximum absolute atomic E-state index is 9.81. The van der Waals surface area contributed by atoms with Gasteiger partial charge in [-0.25, -0.2) is 0 Å². The Labute approximate surface area is 97.3 Å². The number of hydrogen-bond acceptors (Lipinski definition) is 2. The Bertz CT molecular complexity index is 318. The standard InChI is InChI=1S/C11H13BrOS/c1-3-4-5-6-9(13)10-7-8(2)11(12)14-10/h1,7,9,13H,4-6H2,2H3. The van der Waals surface area contributed by atoms with Crippen molar-refractivity contribution in [3.8, 4) is 12.3 Å². The first-order chi connectivity index (χ1) is 6.65. The summed E-state index contributed by atoms with van der Waals surface area (Å²) >= 11 is 5.04. The van der Waals surface area contributed by atoms with E-state index >= 15 is 0 Å².